The Morgan fingerprint density at radius 2 is 1.86 bits per heavy atom. The first-order valence-corrected chi connectivity index (χ1v) is 5.64. The van der Waals surface area contributed by atoms with Gasteiger partial charge in [-0.15, -0.1) is 0 Å². The molecule has 82 valence electrons. The van der Waals surface area contributed by atoms with E-state index >= 15 is 0 Å². The van der Waals surface area contributed by atoms with Gasteiger partial charge in [0.1, 0.15) is 0 Å². The molecule has 0 unspecified atom stereocenters. The van der Waals surface area contributed by atoms with E-state index < -0.39 is 5.60 Å². The molecule has 2 heteroatoms. The first kappa shape index (κ1) is 10.4. The first-order valence-electron chi connectivity index (χ1n) is 5.64. The molecule has 2 fully saturated rings. The highest BCUT2D eigenvalue weighted by atomic mass is 16.3. The number of rotatable bonds is 1. The zero-order valence-corrected chi connectivity index (χ0v) is 9.67. The van der Waals surface area contributed by atoms with Gasteiger partial charge in [0.2, 0.25) is 0 Å². The van der Waals surface area contributed by atoms with Crippen LogP contribution in [-0.2, 0) is 0 Å². The van der Waals surface area contributed by atoms with E-state index in [1.807, 2.05) is 13.8 Å². The number of aliphatic hydroxyl groups excluding tert-OH is 1. The van der Waals surface area contributed by atoms with Crippen molar-refractivity contribution in [3.8, 4) is 0 Å². The van der Waals surface area contributed by atoms with Gasteiger partial charge in [0.15, 0.2) is 0 Å². The summed E-state index contributed by atoms with van der Waals surface area (Å²) in [6, 6.07) is 0. The molecule has 0 aromatic heterocycles. The van der Waals surface area contributed by atoms with Crippen molar-refractivity contribution in [2.24, 2.45) is 16.7 Å². The van der Waals surface area contributed by atoms with Crippen molar-refractivity contribution in [2.45, 2.75) is 58.7 Å². The third-order valence-electron chi connectivity index (χ3n) is 5.23. The van der Waals surface area contributed by atoms with E-state index in [4.69, 9.17) is 0 Å². The van der Waals surface area contributed by atoms with Crippen LogP contribution in [0.4, 0.5) is 0 Å². The van der Waals surface area contributed by atoms with Crippen LogP contribution in [0.3, 0.4) is 0 Å². The zero-order chi connectivity index (χ0) is 10.8. The molecule has 2 aliphatic carbocycles. The monoisotopic (exact) mass is 198 g/mol. The Bertz CT molecular complexity index is 252. The average Bonchev–Trinajstić information content (AvgIpc) is 2.34. The van der Waals surface area contributed by atoms with Gasteiger partial charge in [-0.3, -0.25) is 0 Å². The lowest BCUT2D eigenvalue weighted by atomic mass is 9.60. The Kier molecular flexibility index (Phi) is 1.89. The fourth-order valence-electron chi connectivity index (χ4n) is 4.43. The zero-order valence-electron chi connectivity index (χ0n) is 9.67. The largest absolute Gasteiger partial charge is 0.392 e. The van der Waals surface area contributed by atoms with Gasteiger partial charge in [0.05, 0.1) is 11.7 Å². The lowest BCUT2D eigenvalue weighted by Crippen LogP contribution is -2.54. The van der Waals surface area contributed by atoms with Gasteiger partial charge in [-0.2, -0.15) is 0 Å². The van der Waals surface area contributed by atoms with Crippen LogP contribution in [-0.4, -0.2) is 21.9 Å². The standard InChI is InChI=1S/C12H22O2/c1-10(2)8-5-6-12(10,9(13)7-8)11(3,4)14/h8-9,13-14H,5-7H2,1-4H3/t8-,9-,12-/m0/s1. The highest BCUT2D eigenvalue weighted by Gasteiger charge is 2.69. The van der Waals surface area contributed by atoms with Crippen LogP contribution in [0.25, 0.3) is 0 Å². The van der Waals surface area contributed by atoms with Crippen molar-refractivity contribution in [2.75, 3.05) is 0 Å². The van der Waals surface area contributed by atoms with E-state index in [1.165, 1.54) is 0 Å². The quantitative estimate of drug-likeness (QED) is 0.676. The molecule has 0 spiro atoms. The molecule has 2 rings (SSSR count). The van der Waals surface area contributed by atoms with Gasteiger partial charge in [-0.25, -0.2) is 0 Å². The smallest absolute Gasteiger partial charge is 0.0677 e. The first-order chi connectivity index (χ1) is 6.23. The summed E-state index contributed by atoms with van der Waals surface area (Å²) >= 11 is 0. The SMILES string of the molecule is CC(C)(O)[C@@]12CC[C@@H](C[C@@H]1O)C2(C)C. The second kappa shape index (κ2) is 2.53. The molecule has 2 bridgehead atoms. The Morgan fingerprint density at radius 3 is 2.07 bits per heavy atom. The van der Waals surface area contributed by atoms with Crippen LogP contribution in [0.5, 0.6) is 0 Å². The van der Waals surface area contributed by atoms with E-state index in [9.17, 15) is 10.2 Å². The normalized spacial score (nSPS) is 45.9. The molecule has 3 atom stereocenters. The van der Waals surface area contributed by atoms with Crippen molar-refractivity contribution in [1.82, 2.24) is 0 Å². The van der Waals surface area contributed by atoms with Crippen LogP contribution < -0.4 is 0 Å². The van der Waals surface area contributed by atoms with E-state index in [1.54, 1.807) is 0 Å². The molecular formula is C12H22O2. The van der Waals surface area contributed by atoms with Crippen molar-refractivity contribution >= 4 is 0 Å². The van der Waals surface area contributed by atoms with Crippen molar-refractivity contribution < 1.29 is 10.2 Å². The van der Waals surface area contributed by atoms with Gasteiger partial charge in [0, 0.05) is 5.41 Å². The topological polar surface area (TPSA) is 40.5 Å². The van der Waals surface area contributed by atoms with Crippen LogP contribution in [0.1, 0.15) is 47.0 Å². The Hall–Kier alpha value is -0.0800. The van der Waals surface area contributed by atoms with Gasteiger partial charge in [-0.05, 0) is 44.4 Å². The highest BCUT2D eigenvalue weighted by Crippen LogP contribution is 2.69. The molecule has 0 aliphatic heterocycles. The average molecular weight is 198 g/mol. The van der Waals surface area contributed by atoms with E-state index in [-0.39, 0.29) is 16.9 Å². The van der Waals surface area contributed by atoms with Crippen LogP contribution in [0, 0.1) is 16.7 Å². The predicted octanol–water partition coefficient (Wildman–Crippen LogP) is 1.94. The van der Waals surface area contributed by atoms with E-state index in [2.05, 4.69) is 13.8 Å². The molecule has 0 saturated heterocycles. The third kappa shape index (κ3) is 0.892. The lowest BCUT2D eigenvalue weighted by Gasteiger charge is -2.49. The Labute approximate surface area is 86.3 Å². The van der Waals surface area contributed by atoms with Gasteiger partial charge in [-0.1, -0.05) is 13.8 Å². The van der Waals surface area contributed by atoms with E-state index in [0.717, 1.165) is 19.3 Å². The molecule has 2 nitrogen and oxygen atoms in total. The number of aliphatic hydroxyl groups is 2. The minimum Gasteiger partial charge on any atom is -0.392 e. The highest BCUT2D eigenvalue weighted by molar-refractivity contribution is 5.18. The fourth-order valence-corrected chi connectivity index (χ4v) is 4.43. The maximum atomic E-state index is 10.3. The summed E-state index contributed by atoms with van der Waals surface area (Å²) in [5.74, 6) is 0.587. The number of fused-ring (bicyclic) bond motifs is 2. The molecule has 2 N–H and O–H groups in total. The number of hydrogen-bond acceptors (Lipinski definition) is 2. The summed E-state index contributed by atoms with van der Waals surface area (Å²) in [4.78, 5) is 0. The molecule has 0 aromatic rings. The third-order valence-corrected chi connectivity index (χ3v) is 5.23. The summed E-state index contributed by atoms with van der Waals surface area (Å²) in [7, 11) is 0. The van der Waals surface area contributed by atoms with Crippen molar-refractivity contribution in [3.63, 3.8) is 0 Å². The molecular weight excluding hydrogens is 176 g/mol. The second-order valence-corrected chi connectivity index (χ2v) is 6.24. The fraction of sp³-hybridized carbons (Fsp3) is 1.00. The maximum Gasteiger partial charge on any atom is 0.0677 e. The summed E-state index contributed by atoms with van der Waals surface area (Å²) < 4.78 is 0. The van der Waals surface area contributed by atoms with E-state index in [0.29, 0.717) is 5.92 Å². The van der Waals surface area contributed by atoms with Gasteiger partial charge < -0.3 is 10.2 Å². The molecule has 14 heavy (non-hydrogen) atoms. The molecule has 2 saturated carbocycles. The second-order valence-electron chi connectivity index (χ2n) is 6.24. The van der Waals surface area contributed by atoms with Crippen LogP contribution in [0.15, 0.2) is 0 Å². The summed E-state index contributed by atoms with van der Waals surface area (Å²) in [5, 5.41) is 20.5. The maximum absolute atomic E-state index is 10.3. The molecule has 0 radical (unpaired) electrons. The summed E-state index contributed by atoms with van der Waals surface area (Å²) in [6.07, 6.45) is 2.68. The minimum atomic E-state index is -0.777. The Balaban J connectivity index is 2.50. The summed E-state index contributed by atoms with van der Waals surface area (Å²) in [5.41, 5.74) is -0.990. The van der Waals surface area contributed by atoms with Crippen LogP contribution >= 0.6 is 0 Å². The van der Waals surface area contributed by atoms with Crippen molar-refractivity contribution in [3.05, 3.63) is 0 Å². The molecule has 0 heterocycles. The predicted molar refractivity (Wildman–Crippen MR) is 55.9 cm³/mol. The van der Waals surface area contributed by atoms with Crippen LogP contribution in [0.2, 0.25) is 0 Å². The minimum absolute atomic E-state index is 0.0741. The molecule has 0 aromatic carbocycles. The molecule has 2 aliphatic rings. The summed E-state index contributed by atoms with van der Waals surface area (Å²) in [6.45, 7) is 8.12. The van der Waals surface area contributed by atoms with Crippen molar-refractivity contribution in [1.29, 1.82) is 0 Å². The lowest BCUT2D eigenvalue weighted by molar-refractivity contribution is -0.149. The Morgan fingerprint density at radius 1 is 1.29 bits per heavy atom. The molecule has 0 amide bonds. The number of hydrogen-bond donors (Lipinski definition) is 2. The van der Waals surface area contributed by atoms with Gasteiger partial charge in [0.25, 0.3) is 0 Å². The van der Waals surface area contributed by atoms with Gasteiger partial charge >= 0.3 is 0 Å².